The summed E-state index contributed by atoms with van der Waals surface area (Å²) in [5, 5.41) is 9.23. The fourth-order valence-corrected chi connectivity index (χ4v) is 3.42. The lowest BCUT2D eigenvalue weighted by Gasteiger charge is -1.99. The molecule has 0 amide bonds. The number of nitrogens with zero attached hydrogens (tertiary/aromatic N) is 2. The third kappa shape index (κ3) is 1.73. The molecule has 1 N–H and O–H groups in total. The van der Waals surface area contributed by atoms with Crippen molar-refractivity contribution in [2.24, 2.45) is 0 Å². The van der Waals surface area contributed by atoms with Crippen LogP contribution in [0.3, 0.4) is 0 Å². The summed E-state index contributed by atoms with van der Waals surface area (Å²) in [5.74, 6) is 0. The second-order valence-corrected chi connectivity index (χ2v) is 5.72. The van der Waals surface area contributed by atoms with Crippen molar-refractivity contribution in [2.75, 3.05) is 0 Å². The van der Waals surface area contributed by atoms with Gasteiger partial charge in [-0.3, -0.25) is 4.40 Å². The van der Waals surface area contributed by atoms with E-state index in [-0.39, 0.29) is 6.61 Å². The summed E-state index contributed by atoms with van der Waals surface area (Å²) in [6.45, 7) is 0.0546. The first kappa shape index (κ1) is 11.6. The lowest BCUT2D eigenvalue weighted by molar-refractivity contribution is 0.282. The quantitative estimate of drug-likeness (QED) is 0.608. The van der Waals surface area contributed by atoms with Gasteiger partial charge in [-0.1, -0.05) is 41.7 Å². The lowest BCUT2D eigenvalue weighted by Crippen LogP contribution is -1.84. The van der Waals surface area contributed by atoms with Crippen molar-refractivity contribution < 1.29 is 5.11 Å². The van der Waals surface area contributed by atoms with Crippen molar-refractivity contribution >= 4 is 26.5 Å². The number of imidazole rings is 1. The first-order chi connectivity index (χ1) is 9.85. The fraction of sp³-hybridized carbons (Fsp3) is 0.0625. The van der Waals surface area contributed by atoms with Gasteiger partial charge in [-0.2, -0.15) is 0 Å². The smallest absolute Gasteiger partial charge is 0.195 e. The number of hydrogen-bond donors (Lipinski definition) is 1. The molecule has 0 aliphatic rings. The number of benzene rings is 2. The van der Waals surface area contributed by atoms with Crippen LogP contribution in [0.25, 0.3) is 26.4 Å². The minimum absolute atomic E-state index is 0.0546. The van der Waals surface area contributed by atoms with Crippen LogP contribution in [-0.4, -0.2) is 14.5 Å². The summed E-state index contributed by atoms with van der Waals surface area (Å²) in [6.07, 6.45) is 2.06. The number of aliphatic hydroxyl groups is 1. The van der Waals surface area contributed by atoms with Gasteiger partial charge in [0.1, 0.15) is 0 Å². The second kappa shape index (κ2) is 4.44. The van der Waals surface area contributed by atoms with Crippen molar-refractivity contribution in [3.8, 4) is 11.3 Å². The van der Waals surface area contributed by atoms with E-state index in [9.17, 15) is 5.11 Å². The standard InChI is InChI=1S/C16H12N2OS/c19-10-11-4-3-5-12(8-11)13-9-18-14-6-1-2-7-15(14)20-16(18)17-13/h1-9,19H,10H2. The molecule has 0 unspecified atom stereocenters. The molecular formula is C16H12N2OS. The Morgan fingerprint density at radius 3 is 2.90 bits per heavy atom. The normalized spacial score (nSPS) is 11.4. The molecule has 0 saturated heterocycles. The Morgan fingerprint density at radius 2 is 2.00 bits per heavy atom. The molecule has 0 bridgehead atoms. The van der Waals surface area contributed by atoms with Gasteiger partial charge < -0.3 is 5.11 Å². The summed E-state index contributed by atoms with van der Waals surface area (Å²) < 4.78 is 3.37. The SMILES string of the molecule is OCc1cccc(-c2cn3c(n2)sc2ccccc23)c1. The van der Waals surface area contributed by atoms with Crippen LogP contribution in [0.1, 0.15) is 5.56 Å². The Morgan fingerprint density at radius 1 is 1.10 bits per heavy atom. The zero-order chi connectivity index (χ0) is 13.5. The number of thiazole rings is 1. The average molecular weight is 280 g/mol. The van der Waals surface area contributed by atoms with Crippen molar-refractivity contribution in [3.05, 3.63) is 60.3 Å². The highest BCUT2D eigenvalue weighted by molar-refractivity contribution is 7.23. The Balaban J connectivity index is 1.92. The molecule has 20 heavy (non-hydrogen) atoms. The number of rotatable bonds is 2. The van der Waals surface area contributed by atoms with Gasteiger partial charge in [0, 0.05) is 11.8 Å². The number of aromatic nitrogens is 2. The summed E-state index contributed by atoms with van der Waals surface area (Å²) >= 11 is 1.69. The van der Waals surface area contributed by atoms with E-state index >= 15 is 0 Å². The van der Waals surface area contributed by atoms with Crippen LogP contribution in [0.5, 0.6) is 0 Å². The van der Waals surface area contributed by atoms with Crippen LogP contribution in [0.15, 0.2) is 54.7 Å². The molecule has 2 heterocycles. The summed E-state index contributed by atoms with van der Waals surface area (Å²) in [7, 11) is 0. The van der Waals surface area contributed by atoms with Crippen LogP contribution in [0, 0.1) is 0 Å². The van der Waals surface area contributed by atoms with E-state index in [1.165, 1.54) is 10.2 Å². The molecule has 0 spiro atoms. The van der Waals surface area contributed by atoms with E-state index in [4.69, 9.17) is 4.98 Å². The van der Waals surface area contributed by atoms with Gasteiger partial charge in [0.2, 0.25) is 0 Å². The first-order valence-electron chi connectivity index (χ1n) is 6.42. The zero-order valence-corrected chi connectivity index (χ0v) is 11.5. The molecule has 4 heteroatoms. The van der Waals surface area contributed by atoms with Gasteiger partial charge in [-0.05, 0) is 23.8 Å². The predicted octanol–water partition coefficient (Wildman–Crippen LogP) is 3.71. The van der Waals surface area contributed by atoms with Gasteiger partial charge in [-0.25, -0.2) is 4.98 Å². The Labute approximate surface area is 119 Å². The molecule has 0 aliphatic carbocycles. The maximum atomic E-state index is 9.23. The highest BCUT2D eigenvalue weighted by Gasteiger charge is 2.09. The Kier molecular flexibility index (Phi) is 2.58. The number of aliphatic hydroxyl groups excluding tert-OH is 1. The lowest BCUT2D eigenvalue weighted by atomic mass is 10.1. The topological polar surface area (TPSA) is 37.5 Å². The Bertz CT molecular complexity index is 907. The van der Waals surface area contributed by atoms with E-state index < -0.39 is 0 Å². The van der Waals surface area contributed by atoms with Crippen LogP contribution < -0.4 is 0 Å². The van der Waals surface area contributed by atoms with Crippen molar-refractivity contribution in [1.29, 1.82) is 0 Å². The third-order valence-electron chi connectivity index (χ3n) is 3.40. The molecule has 0 fully saturated rings. The molecule has 4 aromatic rings. The molecule has 2 aromatic carbocycles. The van der Waals surface area contributed by atoms with E-state index in [1.54, 1.807) is 11.3 Å². The molecule has 4 rings (SSSR count). The highest BCUT2D eigenvalue weighted by Crippen LogP contribution is 2.29. The van der Waals surface area contributed by atoms with Crippen molar-refractivity contribution in [1.82, 2.24) is 9.38 Å². The van der Waals surface area contributed by atoms with E-state index in [1.807, 2.05) is 36.4 Å². The van der Waals surface area contributed by atoms with E-state index in [2.05, 4.69) is 22.7 Å². The number of para-hydroxylation sites is 1. The first-order valence-corrected chi connectivity index (χ1v) is 7.23. The van der Waals surface area contributed by atoms with Gasteiger partial charge in [0.05, 0.1) is 22.5 Å². The molecular weight excluding hydrogens is 268 g/mol. The van der Waals surface area contributed by atoms with Gasteiger partial charge in [0.25, 0.3) is 0 Å². The molecule has 0 atom stereocenters. The molecule has 3 nitrogen and oxygen atoms in total. The van der Waals surface area contributed by atoms with Crippen LogP contribution in [0.2, 0.25) is 0 Å². The number of hydrogen-bond acceptors (Lipinski definition) is 3. The van der Waals surface area contributed by atoms with E-state index in [0.717, 1.165) is 21.8 Å². The third-order valence-corrected chi connectivity index (χ3v) is 4.44. The maximum absolute atomic E-state index is 9.23. The van der Waals surface area contributed by atoms with Gasteiger partial charge in [-0.15, -0.1) is 0 Å². The molecule has 2 aromatic heterocycles. The second-order valence-electron chi connectivity index (χ2n) is 4.71. The maximum Gasteiger partial charge on any atom is 0.195 e. The summed E-state index contributed by atoms with van der Waals surface area (Å²) in [5.41, 5.74) is 4.07. The summed E-state index contributed by atoms with van der Waals surface area (Å²) in [6, 6.07) is 16.2. The molecule has 0 saturated carbocycles. The zero-order valence-electron chi connectivity index (χ0n) is 10.7. The van der Waals surface area contributed by atoms with Gasteiger partial charge >= 0.3 is 0 Å². The predicted molar refractivity (Wildman–Crippen MR) is 81.9 cm³/mol. The minimum atomic E-state index is 0.0546. The number of fused-ring (bicyclic) bond motifs is 3. The van der Waals surface area contributed by atoms with Crippen LogP contribution in [0.4, 0.5) is 0 Å². The fourth-order valence-electron chi connectivity index (χ4n) is 2.42. The van der Waals surface area contributed by atoms with Crippen molar-refractivity contribution in [3.63, 3.8) is 0 Å². The molecule has 0 radical (unpaired) electrons. The Hall–Kier alpha value is -2.17. The van der Waals surface area contributed by atoms with Crippen LogP contribution >= 0.6 is 11.3 Å². The van der Waals surface area contributed by atoms with E-state index in [0.29, 0.717) is 0 Å². The highest BCUT2D eigenvalue weighted by atomic mass is 32.1. The average Bonchev–Trinajstić information content (AvgIpc) is 3.05. The minimum Gasteiger partial charge on any atom is -0.392 e. The monoisotopic (exact) mass is 280 g/mol. The molecule has 98 valence electrons. The van der Waals surface area contributed by atoms with Crippen LogP contribution in [-0.2, 0) is 6.61 Å². The summed E-state index contributed by atoms with van der Waals surface area (Å²) in [4.78, 5) is 5.69. The van der Waals surface area contributed by atoms with Gasteiger partial charge in [0.15, 0.2) is 4.96 Å². The largest absolute Gasteiger partial charge is 0.392 e. The van der Waals surface area contributed by atoms with Crippen molar-refractivity contribution in [2.45, 2.75) is 6.61 Å². The molecule has 0 aliphatic heterocycles.